The van der Waals surface area contributed by atoms with Crippen molar-refractivity contribution >= 4 is 0 Å². The number of nitrogens with one attached hydrogen (secondary N) is 1. The molecular weight excluding hydrogens is 208 g/mol. The zero-order valence-electron chi connectivity index (χ0n) is 8.51. The summed E-state index contributed by atoms with van der Waals surface area (Å²) in [6, 6.07) is 5.36. The Morgan fingerprint density at radius 3 is 3.06 bits per heavy atom. The van der Waals surface area contributed by atoms with Gasteiger partial charge in [0.2, 0.25) is 12.2 Å². The van der Waals surface area contributed by atoms with Crippen LogP contribution in [0.25, 0.3) is 0 Å². The lowest BCUT2D eigenvalue weighted by Gasteiger charge is -1.99. The first kappa shape index (κ1) is 10.4. The average Bonchev–Trinajstić information content (AvgIpc) is 2.95. The number of rotatable bonds is 5. The van der Waals surface area contributed by atoms with Crippen molar-refractivity contribution in [3.8, 4) is 6.07 Å². The number of aromatic nitrogens is 2. The third kappa shape index (κ3) is 2.68. The molecule has 0 aromatic carbocycles. The lowest BCUT2D eigenvalue weighted by molar-refractivity contribution is 0.408. The maximum absolute atomic E-state index is 8.56. The molecule has 0 unspecified atom stereocenters. The summed E-state index contributed by atoms with van der Waals surface area (Å²) in [5, 5.41) is 15.4. The summed E-state index contributed by atoms with van der Waals surface area (Å²) in [4.78, 5) is 3.89. The van der Waals surface area contributed by atoms with Crippen LogP contribution in [0.2, 0.25) is 0 Å². The van der Waals surface area contributed by atoms with Gasteiger partial charge in [0.05, 0.1) is 6.54 Å². The highest BCUT2D eigenvalue weighted by molar-refractivity contribution is 5.18. The van der Waals surface area contributed by atoms with Gasteiger partial charge in [0.1, 0.15) is 11.8 Å². The van der Waals surface area contributed by atoms with E-state index < -0.39 is 0 Å². The van der Waals surface area contributed by atoms with Crippen molar-refractivity contribution in [3.63, 3.8) is 0 Å². The molecule has 6 nitrogen and oxygen atoms in total. The quantitative estimate of drug-likeness (QED) is 0.749. The summed E-state index contributed by atoms with van der Waals surface area (Å²) in [5.74, 6) is 1.74. The molecule has 0 amide bonds. The first-order valence-electron chi connectivity index (χ1n) is 4.83. The number of nitrogens with zero attached hydrogens (tertiary/aromatic N) is 3. The Kier molecular flexibility index (Phi) is 3.31. The van der Waals surface area contributed by atoms with Gasteiger partial charge in [-0.3, -0.25) is 0 Å². The third-order valence-electron chi connectivity index (χ3n) is 2.00. The van der Waals surface area contributed by atoms with Crippen molar-refractivity contribution in [3.05, 3.63) is 35.9 Å². The number of furan rings is 1. The lowest BCUT2D eigenvalue weighted by Crippen LogP contribution is -2.16. The van der Waals surface area contributed by atoms with E-state index in [0.717, 1.165) is 12.3 Å². The van der Waals surface area contributed by atoms with Crippen LogP contribution in [0.1, 0.15) is 17.3 Å². The molecule has 1 N–H and O–H groups in total. The van der Waals surface area contributed by atoms with Crippen LogP contribution < -0.4 is 5.32 Å². The molecule has 16 heavy (non-hydrogen) atoms. The minimum absolute atomic E-state index is 0.329. The summed E-state index contributed by atoms with van der Waals surface area (Å²) < 4.78 is 9.80. The Morgan fingerprint density at radius 2 is 2.38 bits per heavy atom. The molecule has 6 heteroatoms. The van der Waals surface area contributed by atoms with Crippen molar-refractivity contribution in [2.75, 3.05) is 6.54 Å². The summed E-state index contributed by atoms with van der Waals surface area (Å²) in [6.07, 6.45) is 2.00. The van der Waals surface area contributed by atoms with Gasteiger partial charge in [0.15, 0.2) is 5.82 Å². The number of hydrogen-bond donors (Lipinski definition) is 1. The summed E-state index contributed by atoms with van der Waals surface area (Å²) in [5.41, 5.74) is 0. The number of nitriles is 1. The molecule has 0 aliphatic heterocycles. The summed E-state index contributed by atoms with van der Waals surface area (Å²) in [6.45, 7) is 1.31. The zero-order valence-corrected chi connectivity index (χ0v) is 8.51. The predicted molar refractivity (Wildman–Crippen MR) is 53.1 cm³/mol. The first-order valence-corrected chi connectivity index (χ1v) is 4.83. The monoisotopic (exact) mass is 218 g/mol. The molecule has 2 aromatic heterocycles. The van der Waals surface area contributed by atoms with E-state index in [1.807, 2.05) is 6.07 Å². The highest BCUT2D eigenvalue weighted by Gasteiger charge is 2.01. The summed E-state index contributed by atoms with van der Waals surface area (Å²) >= 11 is 0. The van der Waals surface area contributed by atoms with Crippen LogP contribution in [0.3, 0.4) is 0 Å². The van der Waals surface area contributed by atoms with Gasteiger partial charge in [-0.1, -0.05) is 5.16 Å². The van der Waals surface area contributed by atoms with E-state index in [1.54, 1.807) is 12.1 Å². The van der Waals surface area contributed by atoms with Crippen LogP contribution in [0.4, 0.5) is 0 Å². The number of hydrogen-bond acceptors (Lipinski definition) is 6. The Labute approximate surface area is 91.9 Å². The molecule has 0 atom stereocenters. The van der Waals surface area contributed by atoms with Crippen LogP contribution in [0.5, 0.6) is 0 Å². The molecule has 0 radical (unpaired) electrons. The molecule has 0 aliphatic carbocycles. The van der Waals surface area contributed by atoms with Crippen LogP contribution in [-0.2, 0) is 13.0 Å². The van der Waals surface area contributed by atoms with Gasteiger partial charge >= 0.3 is 0 Å². The van der Waals surface area contributed by atoms with E-state index in [0.29, 0.717) is 24.6 Å². The zero-order chi connectivity index (χ0) is 11.2. The van der Waals surface area contributed by atoms with E-state index >= 15 is 0 Å². The highest BCUT2D eigenvalue weighted by Crippen LogP contribution is 2.05. The molecule has 2 aromatic rings. The van der Waals surface area contributed by atoms with Gasteiger partial charge in [-0.2, -0.15) is 10.2 Å². The minimum Gasteiger partial charge on any atom is -0.449 e. The molecule has 0 saturated carbocycles. The van der Waals surface area contributed by atoms with Crippen molar-refractivity contribution < 1.29 is 8.94 Å². The molecule has 0 spiro atoms. The van der Waals surface area contributed by atoms with Gasteiger partial charge in [0.25, 0.3) is 0 Å². The SMILES string of the molecule is N#Cc1ccc(CNCCc2ncon2)o1. The van der Waals surface area contributed by atoms with Crippen molar-refractivity contribution in [1.82, 2.24) is 15.5 Å². The molecule has 0 aliphatic rings. The van der Waals surface area contributed by atoms with E-state index in [2.05, 4.69) is 20.0 Å². The van der Waals surface area contributed by atoms with Gasteiger partial charge < -0.3 is 14.3 Å². The fraction of sp³-hybridized carbons (Fsp3) is 0.300. The minimum atomic E-state index is 0.329. The lowest BCUT2D eigenvalue weighted by atomic mass is 10.4. The smallest absolute Gasteiger partial charge is 0.213 e. The fourth-order valence-corrected chi connectivity index (χ4v) is 1.25. The molecule has 2 heterocycles. The van der Waals surface area contributed by atoms with Crippen molar-refractivity contribution in [1.29, 1.82) is 5.26 Å². The van der Waals surface area contributed by atoms with Crippen LogP contribution in [0, 0.1) is 11.3 Å². The van der Waals surface area contributed by atoms with Gasteiger partial charge in [-0.25, -0.2) is 0 Å². The Balaban J connectivity index is 1.70. The predicted octanol–water partition coefficient (Wildman–Crippen LogP) is 0.867. The Morgan fingerprint density at radius 1 is 1.44 bits per heavy atom. The third-order valence-corrected chi connectivity index (χ3v) is 2.00. The van der Waals surface area contributed by atoms with Gasteiger partial charge in [-0.15, -0.1) is 0 Å². The van der Waals surface area contributed by atoms with Crippen LogP contribution in [0.15, 0.2) is 27.5 Å². The molecule has 0 fully saturated rings. The molecule has 2 rings (SSSR count). The molecule has 0 saturated heterocycles. The van der Waals surface area contributed by atoms with E-state index in [-0.39, 0.29) is 0 Å². The van der Waals surface area contributed by atoms with Crippen LogP contribution >= 0.6 is 0 Å². The van der Waals surface area contributed by atoms with Gasteiger partial charge in [0, 0.05) is 13.0 Å². The second-order valence-electron chi connectivity index (χ2n) is 3.15. The fourth-order valence-electron chi connectivity index (χ4n) is 1.25. The normalized spacial score (nSPS) is 10.2. The Bertz CT molecular complexity index is 469. The Hall–Kier alpha value is -2.13. The molecular formula is C10H10N4O2. The van der Waals surface area contributed by atoms with Crippen molar-refractivity contribution in [2.45, 2.75) is 13.0 Å². The van der Waals surface area contributed by atoms with Gasteiger partial charge in [-0.05, 0) is 12.1 Å². The summed E-state index contributed by atoms with van der Waals surface area (Å²) in [7, 11) is 0. The molecule has 0 bridgehead atoms. The second-order valence-corrected chi connectivity index (χ2v) is 3.15. The van der Waals surface area contributed by atoms with E-state index in [1.165, 1.54) is 6.39 Å². The molecule has 82 valence electrons. The van der Waals surface area contributed by atoms with E-state index in [4.69, 9.17) is 9.68 Å². The second kappa shape index (κ2) is 5.09. The van der Waals surface area contributed by atoms with Crippen molar-refractivity contribution in [2.24, 2.45) is 0 Å². The topological polar surface area (TPSA) is 87.9 Å². The average molecular weight is 218 g/mol. The standard InChI is InChI=1S/C10H10N4O2/c11-5-8-1-2-9(16-8)6-12-4-3-10-13-7-15-14-10/h1-2,7,12H,3-4,6H2. The van der Waals surface area contributed by atoms with Crippen LogP contribution in [-0.4, -0.2) is 16.7 Å². The largest absolute Gasteiger partial charge is 0.449 e. The maximum Gasteiger partial charge on any atom is 0.213 e. The maximum atomic E-state index is 8.56. The highest BCUT2D eigenvalue weighted by atomic mass is 16.5. The first-order chi connectivity index (χ1) is 7.88. The van der Waals surface area contributed by atoms with E-state index in [9.17, 15) is 0 Å².